The van der Waals surface area contributed by atoms with Gasteiger partial charge in [0.1, 0.15) is 0 Å². The van der Waals surface area contributed by atoms with E-state index in [1.807, 2.05) is 0 Å². The van der Waals surface area contributed by atoms with Gasteiger partial charge in [0.25, 0.3) is 0 Å². The fourth-order valence-corrected chi connectivity index (χ4v) is 0.934. The van der Waals surface area contributed by atoms with Gasteiger partial charge in [0.2, 0.25) is 0 Å². The number of carboxylic acids is 1. The maximum Gasteiger partial charge on any atom is 0.308 e. The highest BCUT2D eigenvalue weighted by molar-refractivity contribution is 5.69. The maximum absolute atomic E-state index is 10.4. The molecule has 0 radical (unpaired) electrons. The Hall–Kier alpha value is -0.570. The minimum atomic E-state index is -0.886. The van der Waals surface area contributed by atoms with Crippen molar-refractivity contribution in [1.29, 1.82) is 0 Å². The molecule has 0 rings (SSSR count). The lowest BCUT2D eigenvalue weighted by atomic mass is 10.0. The molecule has 0 spiro atoms. The molecule has 0 aliphatic carbocycles. The Morgan fingerprint density at radius 3 is 2.45 bits per heavy atom. The summed E-state index contributed by atoms with van der Waals surface area (Å²) in [4.78, 5) is 10.4. The molecule has 0 saturated carbocycles. The van der Waals surface area contributed by atoms with Crippen molar-refractivity contribution in [3.05, 3.63) is 0 Å². The molecule has 3 heteroatoms. The van der Waals surface area contributed by atoms with Crippen LogP contribution in [0.5, 0.6) is 0 Å². The van der Waals surface area contributed by atoms with E-state index >= 15 is 0 Å². The van der Waals surface area contributed by atoms with Gasteiger partial charge in [-0.2, -0.15) is 0 Å². The zero-order valence-corrected chi connectivity index (χ0v) is 6.92. The molecule has 0 fully saturated rings. The summed E-state index contributed by atoms with van der Waals surface area (Å²) in [5.41, 5.74) is 0. The van der Waals surface area contributed by atoms with E-state index < -0.39 is 11.9 Å². The summed E-state index contributed by atoms with van der Waals surface area (Å²) >= 11 is 0. The van der Waals surface area contributed by atoms with Crippen molar-refractivity contribution >= 4 is 5.97 Å². The van der Waals surface area contributed by atoms with Crippen LogP contribution in [0.1, 0.15) is 32.6 Å². The van der Waals surface area contributed by atoms with Crippen molar-refractivity contribution < 1.29 is 15.0 Å². The van der Waals surface area contributed by atoms with Gasteiger partial charge in [0.15, 0.2) is 0 Å². The van der Waals surface area contributed by atoms with Crippen molar-refractivity contribution in [3.8, 4) is 0 Å². The largest absolute Gasteiger partial charge is 0.481 e. The molecule has 0 aliphatic rings. The summed E-state index contributed by atoms with van der Waals surface area (Å²) in [5, 5.41) is 17.1. The van der Waals surface area contributed by atoms with Crippen molar-refractivity contribution in [2.24, 2.45) is 5.92 Å². The SMILES string of the molecule is CCCCC[C@H](CO)C(=O)O. The second-order valence-electron chi connectivity index (χ2n) is 2.71. The Labute approximate surface area is 67.0 Å². The van der Waals surface area contributed by atoms with Crippen molar-refractivity contribution in [2.75, 3.05) is 6.61 Å². The van der Waals surface area contributed by atoms with Gasteiger partial charge in [0, 0.05) is 0 Å². The monoisotopic (exact) mass is 160 g/mol. The van der Waals surface area contributed by atoms with E-state index in [1.165, 1.54) is 0 Å². The van der Waals surface area contributed by atoms with Crippen LogP contribution in [0.3, 0.4) is 0 Å². The molecule has 3 nitrogen and oxygen atoms in total. The molecule has 0 heterocycles. The third-order valence-electron chi connectivity index (χ3n) is 1.73. The third kappa shape index (κ3) is 4.79. The lowest BCUT2D eigenvalue weighted by molar-refractivity contribution is -0.143. The van der Waals surface area contributed by atoms with Crippen LogP contribution in [0.25, 0.3) is 0 Å². The molecule has 0 aromatic carbocycles. The predicted molar refractivity (Wildman–Crippen MR) is 42.4 cm³/mol. The molecule has 0 saturated heterocycles. The van der Waals surface area contributed by atoms with Crippen LogP contribution in [0.2, 0.25) is 0 Å². The van der Waals surface area contributed by atoms with Crippen LogP contribution in [0, 0.1) is 5.92 Å². The summed E-state index contributed by atoms with van der Waals surface area (Å²) < 4.78 is 0. The highest BCUT2D eigenvalue weighted by Crippen LogP contribution is 2.08. The van der Waals surface area contributed by atoms with Gasteiger partial charge in [-0.25, -0.2) is 0 Å². The summed E-state index contributed by atoms with van der Waals surface area (Å²) in [6.07, 6.45) is 3.62. The van der Waals surface area contributed by atoms with E-state index in [4.69, 9.17) is 10.2 Å². The number of aliphatic hydroxyl groups excluding tert-OH is 1. The number of unbranched alkanes of at least 4 members (excludes halogenated alkanes) is 2. The van der Waals surface area contributed by atoms with Gasteiger partial charge < -0.3 is 10.2 Å². The Kier molecular flexibility index (Phi) is 5.84. The number of aliphatic hydroxyl groups is 1. The van der Waals surface area contributed by atoms with Crippen molar-refractivity contribution in [1.82, 2.24) is 0 Å². The van der Waals surface area contributed by atoms with Crippen LogP contribution < -0.4 is 0 Å². The van der Waals surface area contributed by atoms with Gasteiger partial charge in [-0.05, 0) is 6.42 Å². The summed E-state index contributed by atoms with van der Waals surface area (Å²) in [5.74, 6) is -1.44. The number of carboxylic acid groups (broad SMARTS) is 1. The molecular formula is C8H16O3. The number of hydrogen-bond acceptors (Lipinski definition) is 2. The third-order valence-corrected chi connectivity index (χ3v) is 1.73. The Morgan fingerprint density at radius 1 is 1.45 bits per heavy atom. The minimum absolute atomic E-state index is 0.237. The van der Waals surface area contributed by atoms with E-state index in [2.05, 4.69) is 6.92 Å². The molecule has 0 aromatic heterocycles. The Balaban J connectivity index is 3.44. The standard InChI is InChI=1S/C8H16O3/c1-2-3-4-5-7(6-9)8(10)11/h7,9H,2-6H2,1H3,(H,10,11)/t7-/m1/s1. The Bertz CT molecular complexity index is 112. The fourth-order valence-electron chi connectivity index (χ4n) is 0.934. The average Bonchev–Trinajstić information content (AvgIpc) is 1.97. The summed E-state index contributed by atoms with van der Waals surface area (Å²) in [6.45, 7) is 1.83. The number of hydrogen-bond donors (Lipinski definition) is 2. The van der Waals surface area contributed by atoms with Gasteiger partial charge in [-0.1, -0.05) is 26.2 Å². The lowest BCUT2D eigenvalue weighted by Gasteiger charge is -2.06. The minimum Gasteiger partial charge on any atom is -0.481 e. The topological polar surface area (TPSA) is 57.5 Å². The van der Waals surface area contributed by atoms with E-state index in [-0.39, 0.29) is 6.61 Å². The highest BCUT2D eigenvalue weighted by atomic mass is 16.4. The number of carbonyl (C=O) groups is 1. The quantitative estimate of drug-likeness (QED) is 0.575. The smallest absolute Gasteiger partial charge is 0.308 e. The van der Waals surface area contributed by atoms with E-state index in [0.717, 1.165) is 19.3 Å². The van der Waals surface area contributed by atoms with E-state index in [1.54, 1.807) is 0 Å². The highest BCUT2D eigenvalue weighted by Gasteiger charge is 2.14. The molecule has 11 heavy (non-hydrogen) atoms. The Morgan fingerprint density at radius 2 is 2.09 bits per heavy atom. The van der Waals surface area contributed by atoms with Gasteiger partial charge in [0.05, 0.1) is 12.5 Å². The zero-order valence-electron chi connectivity index (χ0n) is 6.92. The predicted octanol–water partition coefficient (Wildman–Crippen LogP) is 1.26. The normalized spacial score (nSPS) is 12.9. The first-order chi connectivity index (χ1) is 5.22. The van der Waals surface area contributed by atoms with Crippen LogP contribution in [0.4, 0.5) is 0 Å². The molecule has 2 N–H and O–H groups in total. The number of aliphatic carboxylic acids is 1. The van der Waals surface area contributed by atoms with Crippen LogP contribution in [-0.2, 0) is 4.79 Å². The first-order valence-electron chi connectivity index (χ1n) is 4.06. The molecular weight excluding hydrogens is 144 g/mol. The molecule has 66 valence electrons. The van der Waals surface area contributed by atoms with Gasteiger partial charge >= 0.3 is 5.97 Å². The van der Waals surface area contributed by atoms with E-state index in [0.29, 0.717) is 6.42 Å². The average molecular weight is 160 g/mol. The van der Waals surface area contributed by atoms with Gasteiger partial charge in [-0.3, -0.25) is 4.79 Å². The first kappa shape index (κ1) is 10.4. The van der Waals surface area contributed by atoms with Crippen molar-refractivity contribution in [3.63, 3.8) is 0 Å². The van der Waals surface area contributed by atoms with Crippen molar-refractivity contribution in [2.45, 2.75) is 32.6 Å². The molecule has 0 aliphatic heterocycles. The second-order valence-corrected chi connectivity index (χ2v) is 2.71. The summed E-state index contributed by atoms with van der Waals surface area (Å²) in [6, 6.07) is 0. The molecule has 0 unspecified atom stereocenters. The first-order valence-corrected chi connectivity index (χ1v) is 4.06. The fraction of sp³-hybridized carbons (Fsp3) is 0.875. The zero-order chi connectivity index (χ0) is 8.69. The molecule has 0 amide bonds. The molecule has 1 atom stereocenters. The van der Waals surface area contributed by atoms with Crippen LogP contribution >= 0.6 is 0 Å². The van der Waals surface area contributed by atoms with Gasteiger partial charge in [-0.15, -0.1) is 0 Å². The van der Waals surface area contributed by atoms with E-state index in [9.17, 15) is 4.79 Å². The second kappa shape index (κ2) is 6.16. The molecule has 0 bridgehead atoms. The molecule has 0 aromatic rings. The number of rotatable bonds is 6. The summed E-state index contributed by atoms with van der Waals surface area (Å²) in [7, 11) is 0. The van der Waals surface area contributed by atoms with Crippen LogP contribution in [-0.4, -0.2) is 22.8 Å². The van der Waals surface area contributed by atoms with Crippen LogP contribution in [0.15, 0.2) is 0 Å². The maximum atomic E-state index is 10.4. The lowest BCUT2D eigenvalue weighted by Crippen LogP contribution is -2.17.